The molecule has 1 aromatic heterocycles. The lowest BCUT2D eigenvalue weighted by Crippen LogP contribution is -2.37. The molecule has 0 spiro atoms. The Labute approximate surface area is 192 Å². The minimum Gasteiger partial charge on any atom is -0.496 e. The highest BCUT2D eigenvalue weighted by molar-refractivity contribution is 7.89. The predicted molar refractivity (Wildman–Crippen MR) is 129 cm³/mol. The molecule has 3 aromatic rings. The SMILES string of the molecule is COc1ccccc1C=NNc1nc(-c2cccc(S(=O)(=O)N3CCC(C)CC3)c2)cs1. The molecule has 4 rings (SSSR count). The van der Waals surface area contributed by atoms with Gasteiger partial charge in [-0.25, -0.2) is 13.4 Å². The molecule has 1 saturated heterocycles. The number of anilines is 1. The van der Waals surface area contributed by atoms with Gasteiger partial charge in [0, 0.05) is 29.6 Å². The van der Waals surface area contributed by atoms with Crippen molar-refractivity contribution in [1.82, 2.24) is 9.29 Å². The molecule has 7 nitrogen and oxygen atoms in total. The van der Waals surface area contributed by atoms with Gasteiger partial charge in [-0.15, -0.1) is 11.3 Å². The first-order valence-electron chi connectivity index (χ1n) is 10.5. The topological polar surface area (TPSA) is 83.9 Å². The molecule has 0 unspecified atom stereocenters. The first-order chi connectivity index (χ1) is 15.5. The van der Waals surface area contributed by atoms with Gasteiger partial charge >= 0.3 is 0 Å². The van der Waals surface area contributed by atoms with Crippen molar-refractivity contribution in [3.63, 3.8) is 0 Å². The molecule has 168 valence electrons. The van der Waals surface area contributed by atoms with E-state index in [0.717, 1.165) is 29.7 Å². The lowest BCUT2D eigenvalue weighted by atomic mass is 10.0. The van der Waals surface area contributed by atoms with E-state index in [-0.39, 0.29) is 0 Å². The molecule has 1 fully saturated rings. The zero-order valence-corrected chi connectivity index (χ0v) is 19.7. The van der Waals surface area contributed by atoms with Crippen molar-refractivity contribution in [1.29, 1.82) is 0 Å². The summed E-state index contributed by atoms with van der Waals surface area (Å²) in [5.74, 6) is 1.30. The van der Waals surface area contributed by atoms with Gasteiger partial charge in [-0.05, 0) is 43.0 Å². The van der Waals surface area contributed by atoms with Crippen LogP contribution in [-0.4, -0.2) is 44.1 Å². The van der Waals surface area contributed by atoms with Gasteiger partial charge in [-0.1, -0.05) is 31.2 Å². The van der Waals surface area contributed by atoms with E-state index in [0.29, 0.717) is 34.7 Å². The maximum absolute atomic E-state index is 13.1. The second-order valence-corrected chi connectivity index (χ2v) is 10.6. The second-order valence-electron chi connectivity index (χ2n) is 7.76. The fraction of sp³-hybridized carbons (Fsp3) is 0.304. The van der Waals surface area contributed by atoms with E-state index in [1.807, 2.05) is 35.7 Å². The normalized spacial score (nSPS) is 15.8. The van der Waals surface area contributed by atoms with Crippen molar-refractivity contribution in [3.8, 4) is 17.0 Å². The van der Waals surface area contributed by atoms with Crippen molar-refractivity contribution >= 4 is 32.7 Å². The Morgan fingerprint density at radius 3 is 2.75 bits per heavy atom. The molecule has 0 saturated carbocycles. The highest BCUT2D eigenvalue weighted by Gasteiger charge is 2.28. The number of hydrogen-bond donors (Lipinski definition) is 1. The van der Waals surface area contributed by atoms with Gasteiger partial charge in [0.1, 0.15) is 5.75 Å². The van der Waals surface area contributed by atoms with Gasteiger partial charge in [0.2, 0.25) is 15.2 Å². The number of rotatable bonds is 7. The Morgan fingerprint density at radius 1 is 1.19 bits per heavy atom. The van der Waals surface area contributed by atoms with Crippen molar-refractivity contribution < 1.29 is 13.2 Å². The fourth-order valence-corrected chi connectivity index (χ4v) is 5.76. The van der Waals surface area contributed by atoms with Crippen LogP contribution in [-0.2, 0) is 10.0 Å². The van der Waals surface area contributed by atoms with Gasteiger partial charge in [0.25, 0.3) is 0 Å². The Balaban J connectivity index is 1.48. The molecular weight excluding hydrogens is 444 g/mol. The third-order valence-corrected chi connectivity index (χ3v) is 8.16. The molecule has 2 heterocycles. The number of piperidine rings is 1. The number of benzene rings is 2. The van der Waals surface area contributed by atoms with E-state index in [1.54, 1.807) is 35.8 Å². The van der Waals surface area contributed by atoms with E-state index in [9.17, 15) is 8.42 Å². The second kappa shape index (κ2) is 9.81. The van der Waals surface area contributed by atoms with Gasteiger partial charge in [-0.3, -0.25) is 5.43 Å². The van der Waals surface area contributed by atoms with Crippen molar-refractivity contribution in [2.75, 3.05) is 25.6 Å². The number of ether oxygens (including phenoxy) is 1. The Morgan fingerprint density at radius 2 is 1.97 bits per heavy atom. The summed E-state index contributed by atoms with van der Waals surface area (Å²) in [5, 5.41) is 6.74. The molecule has 9 heteroatoms. The number of aromatic nitrogens is 1. The van der Waals surface area contributed by atoms with Crippen LogP contribution in [0.3, 0.4) is 0 Å². The van der Waals surface area contributed by atoms with Crippen LogP contribution in [0, 0.1) is 5.92 Å². The quantitative estimate of drug-likeness (QED) is 0.400. The molecular formula is C23H26N4O3S2. The number of methoxy groups -OCH3 is 1. The van der Waals surface area contributed by atoms with Crippen molar-refractivity contribution in [2.45, 2.75) is 24.7 Å². The van der Waals surface area contributed by atoms with Crippen LogP contribution in [0.25, 0.3) is 11.3 Å². The number of para-hydroxylation sites is 1. The standard InChI is InChI=1S/C23H26N4O3S2/c1-17-10-12-27(13-11-17)32(28,29)20-8-5-7-18(14-20)21-16-31-23(25-21)26-24-15-19-6-3-4-9-22(19)30-2/h3-9,14-17H,10-13H2,1-2H3,(H,25,26). The van der Waals surface area contributed by atoms with Crippen molar-refractivity contribution in [3.05, 3.63) is 59.5 Å². The summed E-state index contributed by atoms with van der Waals surface area (Å²) in [6.45, 7) is 3.31. The number of nitrogens with one attached hydrogen (secondary N) is 1. The Bertz CT molecular complexity index is 1200. The largest absolute Gasteiger partial charge is 0.496 e. The van der Waals surface area contributed by atoms with Crippen LogP contribution >= 0.6 is 11.3 Å². The maximum Gasteiger partial charge on any atom is 0.243 e. The summed E-state index contributed by atoms with van der Waals surface area (Å²) in [7, 11) is -1.88. The molecule has 0 radical (unpaired) electrons. The summed E-state index contributed by atoms with van der Waals surface area (Å²) >= 11 is 1.40. The van der Waals surface area contributed by atoms with E-state index in [2.05, 4.69) is 22.4 Å². The van der Waals surface area contributed by atoms with Crippen LogP contribution < -0.4 is 10.2 Å². The van der Waals surface area contributed by atoms with Crippen LogP contribution in [0.15, 0.2) is 63.9 Å². The summed E-state index contributed by atoms with van der Waals surface area (Å²) in [6.07, 6.45) is 3.47. The van der Waals surface area contributed by atoms with Gasteiger partial charge in [0.15, 0.2) is 0 Å². The van der Waals surface area contributed by atoms with Gasteiger partial charge in [0.05, 0.1) is 23.9 Å². The van der Waals surface area contributed by atoms with Crippen LogP contribution in [0.2, 0.25) is 0 Å². The molecule has 0 amide bonds. The van der Waals surface area contributed by atoms with Crippen molar-refractivity contribution in [2.24, 2.45) is 11.0 Å². The maximum atomic E-state index is 13.1. The lowest BCUT2D eigenvalue weighted by molar-refractivity contribution is 0.288. The molecule has 0 aliphatic carbocycles. The Hall–Kier alpha value is -2.75. The molecule has 1 aliphatic rings. The van der Waals surface area contributed by atoms with Crippen LogP contribution in [0.5, 0.6) is 5.75 Å². The molecule has 0 atom stereocenters. The summed E-state index contributed by atoms with van der Waals surface area (Å²) in [4.78, 5) is 4.86. The van der Waals surface area contributed by atoms with Crippen LogP contribution in [0.1, 0.15) is 25.3 Å². The lowest BCUT2D eigenvalue weighted by Gasteiger charge is -2.29. The molecule has 1 N–H and O–H groups in total. The predicted octanol–water partition coefficient (Wildman–Crippen LogP) is 4.69. The average Bonchev–Trinajstić information content (AvgIpc) is 3.29. The van der Waals surface area contributed by atoms with Gasteiger partial charge in [-0.2, -0.15) is 9.41 Å². The first kappa shape index (κ1) is 22.4. The number of hydrogen-bond acceptors (Lipinski definition) is 7. The number of hydrazone groups is 1. The minimum absolute atomic E-state index is 0.307. The Kier molecular flexibility index (Phi) is 6.88. The summed E-state index contributed by atoms with van der Waals surface area (Å²) < 4.78 is 33.1. The zero-order chi connectivity index (χ0) is 22.6. The third kappa shape index (κ3) is 5.01. The highest BCUT2D eigenvalue weighted by Crippen LogP contribution is 2.29. The number of thiazole rings is 1. The molecule has 0 bridgehead atoms. The van der Waals surface area contributed by atoms with E-state index < -0.39 is 10.0 Å². The molecule has 32 heavy (non-hydrogen) atoms. The summed E-state index contributed by atoms with van der Waals surface area (Å²) in [5.41, 5.74) is 5.24. The van der Waals surface area contributed by atoms with E-state index >= 15 is 0 Å². The molecule has 2 aromatic carbocycles. The van der Waals surface area contributed by atoms with Gasteiger partial charge < -0.3 is 4.74 Å². The zero-order valence-electron chi connectivity index (χ0n) is 18.1. The average molecular weight is 471 g/mol. The first-order valence-corrected chi connectivity index (χ1v) is 12.8. The van der Waals surface area contributed by atoms with E-state index in [4.69, 9.17) is 4.74 Å². The third-order valence-electron chi connectivity index (χ3n) is 5.52. The number of nitrogens with zero attached hydrogens (tertiary/aromatic N) is 3. The smallest absolute Gasteiger partial charge is 0.243 e. The minimum atomic E-state index is -3.50. The van der Waals surface area contributed by atoms with Crippen LogP contribution in [0.4, 0.5) is 5.13 Å². The summed E-state index contributed by atoms with van der Waals surface area (Å²) in [6, 6.07) is 14.6. The van der Waals surface area contributed by atoms with E-state index in [1.165, 1.54) is 11.3 Å². The monoisotopic (exact) mass is 470 g/mol. The highest BCUT2D eigenvalue weighted by atomic mass is 32.2. The fourth-order valence-electron chi connectivity index (χ4n) is 3.58. The molecule has 1 aliphatic heterocycles. The number of sulfonamides is 1.